The molecule has 2 saturated heterocycles. The molecule has 12 heterocycles. The van der Waals surface area contributed by atoms with Crippen molar-refractivity contribution in [3.8, 4) is 18.2 Å². The second-order valence-electron chi connectivity index (χ2n) is 33.8. The van der Waals surface area contributed by atoms with Crippen molar-refractivity contribution in [1.29, 1.82) is 15.8 Å². The van der Waals surface area contributed by atoms with Crippen molar-refractivity contribution in [2.75, 3.05) is 26.4 Å². The van der Waals surface area contributed by atoms with Crippen LogP contribution in [0.15, 0.2) is 230 Å². The van der Waals surface area contributed by atoms with Gasteiger partial charge in [0, 0.05) is 95.1 Å². The van der Waals surface area contributed by atoms with E-state index in [4.69, 9.17) is 66.6 Å². The van der Waals surface area contributed by atoms with E-state index < -0.39 is 34.9 Å². The number of hydrogen-bond acceptors (Lipinski definition) is 21. The van der Waals surface area contributed by atoms with Gasteiger partial charge in [0.15, 0.2) is 17.5 Å². The van der Waals surface area contributed by atoms with Gasteiger partial charge >= 0.3 is 0 Å². The molecule has 33 nitrogen and oxygen atoms in total. The Kier molecular flexibility index (Phi) is 26.4. The first-order chi connectivity index (χ1) is 66.4. The summed E-state index contributed by atoms with van der Waals surface area (Å²) < 4.78 is 70.5. The van der Waals surface area contributed by atoms with Crippen LogP contribution >= 0.6 is 23.2 Å². The number of alkyl halides is 2. The lowest BCUT2D eigenvalue weighted by Gasteiger charge is -2.42. The summed E-state index contributed by atoms with van der Waals surface area (Å²) in [5, 5.41) is 65.1. The summed E-state index contributed by atoms with van der Waals surface area (Å²) in [6.45, 7) is 12.2. The minimum absolute atomic E-state index is 0.0293. The number of amides is 6. The Balaban J connectivity index is 0.000000115. The zero-order valence-corrected chi connectivity index (χ0v) is 75.9. The predicted molar refractivity (Wildman–Crippen MR) is 501 cm³/mol. The quantitative estimate of drug-likeness (QED) is 0.0358. The van der Waals surface area contributed by atoms with E-state index in [1.165, 1.54) is 24.3 Å². The van der Waals surface area contributed by atoms with Gasteiger partial charge in [-0.3, -0.25) is 28.8 Å². The van der Waals surface area contributed by atoms with Gasteiger partial charge in [-0.2, -0.15) is 25.8 Å². The molecule has 2 aliphatic carbocycles. The molecule has 22 rings (SSSR count). The molecule has 6 amide bonds. The Morgan fingerprint density at radius 1 is 0.406 bits per heavy atom. The van der Waals surface area contributed by atoms with E-state index in [0.717, 1.165) is 103 Å². The second-order valence-corrected chi connectivity index (χ2v) is 34.6. The maximum Gasteiger partial charge on any atom is 0.268 e. The van der Waals surface area contributed by atoms with Crippen molar-refractivity contribution in [2.24, 2.45) is 0 Å². The number of nitrogens with one attached hydrogen (secondary N) is 12. The van der Waals surface area contributed by atoms with Crippen LogP contribution in [0.5, 0.6) is 0 Å². The summed E-state index contributed by atoms with van der Waals surface area (Å²) in [6, 6.07) is 67.2. The van der Waals surface area contributed by atoms with E-state index in [0.29, 0.717) is 122 Å². The molecule has 12 N–H and O–H groups in total. The van der Waals surface area contributed by atoms with E-state index in [1.807, 2.05) is 98.8 Å². The third-order valence-corrected chi connectivity index (χ3v) is 24.2. The van der Waals surface area contributed by atoms with Crippen LogP contribution in [0.25, 0.3) is 65.4 Å². The highest BCUT2D eigenvalue weighted by molar-refractivity contribution is 6.32. The van der Waals surface area contributed by atoms with Crippen LogP contribution in [0.3, 0.4) is 0 Å². The van der Waals surface area contributed by atoms with Gasteiger partial charge in [0.1, 0.15) is 74.2 Å². The van der Waals surface area contributed by atoms with Gasteiger partial charge in [0.2, 0.25) is 11.8 Å². The monoisotopic (exact) mass is 1900 g/mol. The number of hydrogen-bond donors (Lipinski definition) is 12. The summed E-state index contributed by atoms with van der Waals surface area (Å²) in [5.41, 5.74) is 10.0. The van der Waals surface area contributed by atoms with Crippen molar-refractivity contribution in [3.63, 3.8) is 0 Å². The van der Waals surface area contributed by atoms with Crippen molar-refractivity contribution >= 4 is 124 Å². The van der Waals surface area contributed by atoms with E-state index >= 15 is 0 Å². The van der Waals surface area contributed by atoms with Crippen LogP contribution in [0, 0.1) is 67.5 Å². The third-order valence-electron chi connectivity index (χ3n) is 23.6. The zero-order chi connectivity index (χ0) is 96.9. The molecule has 2 saturated carbocycles. The van der Waals surface area contributed by atoms with Gasteiger partial charge in [0.25, 0.3) is 41.9 Å². The van der Waals surface area contributed by atoms with E-state index in [9.17, 15) is 41.9 Å². The number of aromatic amines is 6. The van der Waals surface area contributed by atoms with Crippen LogP contribution in [0.4, 0.5) is 13.2 Å². The van der Waals surface area contributed by atoms with Crippen LogP contribution in [-0.2, 0) is 31.6 Å². The molecule has 8 aromatic carbocycles. The molecule has 0 spiro atoms. The van der Waals surface area contributed by atoms with Crippen LogP contribution in [0.1, 0.15) is 201 Å². The maximum atomic E-state index is 14.1. The van der Waals surface area contributed by atoms with Crippen molar-refractivity contribution < 1.29 is 69.5 Å². The molecule has 696 valence electrons. The molecule has 2 atom stereocenters. The van der Waals surface area contributed by atoms with Crippen molar-refractivity contribution in [2.45, 2.75) is 108 Å². The first-order valence-corrected chi connectivity index (χ1v) is 44.1. The topological polar surface area (TPSA) is 489 Å². The lowest BCUT2D eigenvalue weighted by atomic mass is 9.88. The molecule has 10 aromatic heterocycles. The highest BCUT2D eigenvalue weighted by atomic mass is 35.5. The lowest BCUT2D eigenvalue weighted by Crippen LogP contribution is -2.59. The first kappa shape index (κ1) is 93.1. The average molecular weight is 1900 g/mol. The Morgan fingerprint density at radius 2 is 0.812 bits per heavy atom. The maximum absolute atomic E-state index is 14.1. The Labute approximate surface area is 791 Å². The van der Waals surface area contributed by atoms with Gasteiger partial charge in [0.05, 0.1) is 83.5 Å². The summed E-state index contributed by atoms with van der Waals surface area (Å²) >= 11 is 11.8. The molecule has 138 heavy (non-hydrogen) atoms. The minimum Gasteiger partial charge on any atom is -0.376 e. The fourth-order valence-electron chi connectivity index (χ4n) is 15.7. The number of aryl methyl sites for hydroxylation is 4. The molecule has 2 unspecified atom stereocenters. The van der Waals surface area contributed by atoms with Gasteiger partial charge in [-0.1, -0.05) is 117 Å². The fourth-order valence-corrected chi connectivity index (χ4v) is 16.1. The number of benzene rings is 8. The zero-order valence-electron chi connectivity index (χ0n) is 74.4. The van der Waals surface area contributed by atoms with Crippen LogP contribution in [-0.4, -0.2) is 122 Å². The molecule has 2 aliphatic heterocycles. The average Bonchev–Trinajstić information content (AvgIpc) is 1.63. The molecular formula is C100H84Cl2F3N21O12. The standard InChI is InChI=1S/C19H16F2N2O2.C18H14ClFN2O2.C17H14N4O2.C16H14ClN3O2.2C15H13N5O2/c20-17(21)13-7-6-12-8-16(22-15(12)9-13)18(24)23-19(10-25-11-19)14-4-2-1-3-5-14;19-13-6-7-14-12(16(13)20)8-15(21-14)17(23)22-18(9-24-10-18)11-4-2-1-3-5-11;1-10-6-15(21-23-10)17(4-5-17)20-16(22)14-8-12-7-11(9-18)2-3-13(12)19-14;1-9-6-14(20-22-9)16(4-5-16)19-15(21)13-8-10-7-11(17)2-3-12(10)18-13;1-8(15-18-9(2)20-22-15)17-14(21)13-6-11-5-10(7-16)3-4-12(11)19-13;1-8(14-18-9(2)22-20-14)17-15(21)13-6-11-5-10(7-16)3-4-12(11)19-13/h1-9,17,22H,10-11H2,(H,23,24);1-8,21H,9-10H2,(H,22,23);2-3,6-8,19H,4-5H2,1H3,(H,20,22);2-3,6-8,18H,4-5H2,1H3,(H,19,21);2*3-6,8,19H,1-2H3,(H,17,21). The molecule has 0 bridgehead atoms. The summed E-state index contributed by atoms with van der Waals surface area (Å²) in [7, 11) is 0. The van der Waals surface area contributed by atoms with E-state index in [1.54, 1.807) is 131 Å². The van der Waals surface area contributed by atoms with Gasteiger partial charge in [-0.05, 0) is 199 Å². The molecular weight excluding hydrogens is 1820 g/mol. The molecule has 38 heteroatoms. The minimum atomic E-state index is -2.54. The van der Waals surface area contributed by atoms with Crippen molar-refractivity contribution in [1.82, 2.24) is 92.4 Å². The normalized spacial score (nSPS) is 14.6. The van der Waals surface area contributed by atoms with E-state index in [-0.39, 0.29) is 63.3 Å². The number of H-pyrrole nitrogens is 6. The third kappa shape index (κ3) is 20.5. The Bertz CT molecular complexity index is 7650. The van der Waals surface area contributed by atoms with Crippen LogP contribution < -0.4 is 31.9 Å². The predicted octanol–water partition coefficient (Wildman–Crippen LogP) is 18.1. The number of fused-ring (bicyclic) bond motifs is 6. The van der Waals surface area contributed by atoms with Gasteiger partial charge < -0.3 is 89.4 Å². The van der Waals surface area contributed by atoms with Crippen LogP contribution in [0.2, 0.25) is 10.0 Å². The second kappa shape index (κ2) is 39.1. The molecule has 0 radical (unpaired) electrons. The molecule has 4 fully saturated rings. The smallest absolute Gasteiger partial charge is 0.268 e. The largest absolute Gasteiger partial charge is 0.376 e. The number of carbonyl (C=O) groups excluding carboxylic acids is 6. The van der Waals surface area contributed by atoms with Crippen molar-refractivity contribution in [3.05, 3.63) is 342 Å². The lowest BCUT2D eigenvalue weighted by molar-refractivity contribution is -0.0734. The molecule has 4 aliphatic rings. The van der Waals surface area contributed by atoms with Gasteiger partial charge in [-0.25, -0.2) is 13.2 Å². The summed E-state index contributed by atoms with van der Waals surface area (Å²) in [6.07, 6.45) is 0.902. The number of carbonyl (C=O) groups is 6. The Hall–Kier alpha value is -16.7. The number of nitriles is 3. The number of rotatable bonds is 19. The van der Waals surface area contributed by atoms with Gasteiger partial charge in [-0.15, -0.1) is 0 Å². The highest BCUT2D eigenvalue weighted by Crippen LogP contribution is 2.47. The number of aromatic nitrogens is 12. The summed E-state index contributed by atoms with van der Waals surface area (Å²) in [5.74, 6) is 1.21. The fraction of sp³-hybridized carbons (Fsp3) is 0.210. The number of nitrogens with zero attached hydrogens (tertiary/aromatic N) is 9. The molecule has 18 aromatic rings. The number of halogens is 5. The van der Waals surface area contributed by atoms with E-state index in [2.05, 4.69) is 111 Å². The first-order valence-electron chi connectivity index (χ1n) is 43.4. The SMILES string of the molecule is Cc1cc(C2(NC(=O)c3cc4cc(C#N)ccc4[nH]3)CC2)no1.Cc1cc(C2(NC(=O)c3cc4cc(Cl)ccc4[nH]3)CC2)no1.Cc1nc(C(C)NC(=O)c2cc3cc(C#N)ccc3[nH]2)no1.Cc1noc(C(C)NC(=O)c2cc3cc(C#N)ccc3[nH]2)n1.O=C(NC1(c2ccccc2)COC1)c1cc2c(F)c(Cl)ccc2[nH]1.O=C(NC1(c2ccccc2)COC1)c1cc2ccc(C(F)F)cc2[nH]1. The summed E-state index contributed by atoms with van der Waals surface area (Å²) in [4.78, 5) is 101. The highest BCUT2D eigenvalue weighted by Gasteiger charge is 2.50. The Morgan fingerprint density at radius 3 is 1.21 bits per heavy atom. The number of ether oxygens (including phenoxy) is 2.